The molecule has 1 atom stereocenters. The number of alkyl halides is 2. The van der Waals surface area contributed by atoms with Gasteiger partial charge >= 0.3 is 21.3 Å². The topological polar surface area (TPSA) is 80.7 Å². The van der Waals surface area contributed by atoms with E-state index in [1.54, 1.807) is 6.92 Å². The summed E-state index contributed by atoms with van der Waals surface area (Å²) in [7, 11) is -5.67. The van der Waals surface area contributed by atoms with Crippen LogP contribution in [0.15, 0.2) is 48.5 Å². The summed E-state index contributed by atoms with van der Waals surface area (Å²) in [5, 5.41) is -4.55. The lowest BCUT2D eigenvalue weighted by Crippen LogP contribution is -2.47. The van der Waals surface area contributed by atoms with E-state index in [-0.39, 0.29) is 5.92 Å². The van der Waals surface area contributed by atoms with Crippen molar-refractivity contribution in [3.8, 4) is 0 Å². The van der Waals surface area contributed by atoms with Crippen LogP contribution in [0.1, 0.15) is 47.4 Å². The second-order valence-electron chi connectivity index (χ2n) is 7.55. The number of carbonyl (C=O) groups is 1. The van der Waals surface area contributed by atoms with E-state index in [0.717, 1.165) is 22.3 Å². The molecule has 28 heavy (non-hydrogen) atoms. The van der Waals surface area contributed by atoms with E-state index in [1.807, 2.05) is 48.5 Å². The fraction of sp³-hybridized carbons (Fsp3) is 0.350. The van der Waals surface area contributed by atoms with Gasteiger partial charge < -0.3 is 4.74 Å². The van der Waals surface area contributed by atoms with Crippen LogP contribution in [0.2, 0.25) is 0 Å². The third-order valence-corrected chi connectivity index (χ3v) is 6.72. The predicted molar refractivity (Wildman–Crippen MR) is 96.7 cm³/mol. The first-order chi connectivity index (χ1) is 13.1. The van der Waals surface area contributed by atoms with E-state index in [4.69, 9.17) is 9.29 Å². The summed E-state index contributed by atoms with van der Waals surface area (Å²) in [6.45, 7) is -0.0641. The number of halogens is 2. The van der Waals surface area contributed by atoms with Gasteiger partial charge in [-0.1, -0.05) is 48.5 Å². The maximum Gasteiger partial charge on any atom is 0.402 e. The van der Waals surface area contributed by atoms with Gasteiger partial charge in [-0.3, -0.25) is 9.35 Å². The van der Waals surface area contributed by atoms with Crippen LogP contribution in [0.5, 0.6) is 0 Å². The fourth-order valence-electron chi connectivity index (χ4n) is 4.56. The quantitative estimate of drug-likeness (QED) is 0.616. The number of hydrogen-bond acceptors (Lipinski definition) is 4. The highest BCUT2D eigenvalue weighted by molar-refractivity contribution is 7.86. The SMILES string of the molecule is CC1(C(=O)OCC(F)(F)S(=O)(=O)O)CC2c3ccccc3C1c1ccccc12. The molecule has 3 aliphatic carbocycles. The fourth-order valence-corrected chi connectivity index (χ4v) is 4.76. The standard InChI is InChI=1S/C20H18F2O5S/c1-19(18(23)27-11-20(21,22)28(24,25)26)10-16-12-6-2-4-8-14(12)17(19)15-9-5-3-7-13(15)16/h2-9,16-17H,10-11H2,1H3,(H,24,25,26). The number of ether oxygens (including phenoxy) is 1. The van der Waals surface area contributed by atoms with Crippen molar-refractivity contribution in [2.45, 2.75) is 30.4 Å². The zero-order chi connectivity index (χ0) is 20.3. The lowest BCUT2D eigenvalue weighted by Gasteiger charge is -2.50. The molecule has 5 nitrogen and oxygen atoms in total. The summed E-state index contributed by atoms with van der Waals surface area (Å²) < 4.78 is 62.0. The van der Waals surface area contributed by atoms with E-state index in [1.165, 1.54) is 0 Å². The summed E-state index contributed by atoms with van der Waals surface area (Å²) in [4.78, 5) is 12.9. The molecule has 2 bridgehead atoms. The number of esters is 1. The van der Waals surface area contributed by atoms with Gasteiger partial charge in [0.1, 0.15) is 0 Å². The Hall–Kier alpha value is -2.32. The van der Waals surface area contributed by atoms with Gasteiger partial charge in [-0.05, 0) is 35.6 Å². The van der Waals surface area contributed by atoms with Crippen molar-refractivity contribution in [3.63, 3.8) is 0 Å². The average molecular weight is 408 g/mol. The first-order valence-electron chi connectivity index (χ1n) is 8.76. The van der Waals surface area contributed by atoms with Crippen molar-refractivity contribution < 1.29 is 31.3 Å². The molecule has 3 aliphatic rings. The molecule has 0 amide bonds. The number of benzene rings is 2. The van der Waals surface area contributed by atoms with Gasteiger partial charge in [0.25, 0.3) is 0 Å². The smallest absolute Gasteiger partial charge is 0.402 e. The normalized spacial score (nSPS) is 25.7. The van der Waals surface area contributed by atoms with Gasteiger partial charge in [0.05, 0.1) is 5.41 Å². The largest absolute Gasteiger partial charge is 0.457 e. The second kappa shape index (κ2) is 6.09. The summed E-state index contributed by atoms with van der Waals surface area (Å²) in [6.07, 6.45) is 0.363. The van der Waals surface area contributed by atoms with Crippen LogP contribution in [-0.2, 0) is 19.6 Å². The van der Waals surface area contributed by atoms with Gasteiger partial charge in [-0.25, -0.2) is 0 Å². The van der Waals surface area contributed by atoms with Gasteiger partial charge in [0.15, 0.2) is 6.61 Å². The molecule has 8 heteroatoms. The molecule has 0 radical (unpaired) electrons. The zero-order valence-electron chi connectivity index (χ0n) is 14.9. The highest BCUT2D eigenvalue weighted by Gasteiger charge is 2.56. The molecule has 0 spiro atoms. The van der Waals surface area contributed by atoms with Crippen molar-refractivity contribution in [2.24, 2.45) is 5.41 Å². The molecule has 0 saturated carbocycles. The summed E-state index contributed by atoms with van der Waals surface area (Å²) in [5.74, 6) is -1.39. The van der Waals surface area contributed by atoms with Gasteiger partial charge in [-0.15, -0.1) is 0 Å². The number of rotatable bonds is 4. The second-order valence-corrected chi connectivity index (χ2v) is 9.10. The lowest BCUT2D eigenvalue weighted by molar-refractivity contribution is -0.163. The molecule has 0 saturated heterocycles. The number of hydrogen-bond donors (Lipinski definition) is 1. The molecule has 2 aromatic carbocycles. The molecule has 1 unspecified atom stereocenters. The minimum absolute atomic E-state index is 0.0861. The minimum Gasteiger partial charge on any atom is -0.457 e. The van der Waals surface area contributed by atoms with Gasteiger partial charge in [0, 0.05) is 11.8 Å². The zero-order valence-corrected chi connectivity index (χ0v) is 15.7. The Morgan fingerprint density at radius 2 is 1.57 bits per heavy atom. The molecular weight excluding hydrogens is 390 g/mol. The van der Waals surface area contributed by atoms with Crippen molar-refractivity contribution in [1.29, 1.82) is 0 Å². The van der Waals surface area contributed by atoms with Crippen molar-refractivity contribution in [3.05, 3.63) is 70.8 Å². The highest BCUT2D eigenvalue weighted by atomic mass is 32.2. The molecular formula is C20H18F2O5S. The predicted octanol–water partition coefficient (Wildman–Crippen LogP) is 3.70. The Kier molecular flexibility index (Phi) is 4.13. The van der Waals surface area contributed by atoms with Crippen molar-refractivity contribution >= 4 is 16.1 Å². The Morgan fingerprint density at radius 3 is 2.04 bits per heavy atom. The highest BCUT2D eigenvalue weighted by Crippen LogP contribution is 2.61. The number of carbonyl (C=O) groups excluding carboxylic acids is 1. The maximum absolute atomic E-state index is 13.5. The summed E-state index contributed by atoms with van der Waals surface area (Å²) >= 11 is 0. The van der Waals surface area contributed by atoms with E-state index < -0.39 is 39.3 Å². The minimum atomic E-state index is -5.67. The van der Waals surface area contributed by atoms with Crippen LogP contribution in [0, 0.1) is 5.41 Å². The molecule has 0 aromatic heterocycles. The molecule has 2 aromatic rings. The lowest BCUT2D eigenvalue weighted by atomic mass is 9.53. The van der Waals surface area contributed by atoms with Crippen LogP contribution < -0.4 is 0 Å². The van der Waals surface area contributed by atoms with Gasteiger partial charge in [0.2, 0.25) is 0 Å². The Morgan fingerprint density at radius 1 is 1.11 bits per heavy atom. The summed E-state index contributed by atoms with van der Waals surface area (Å²) in [6, 6.07) is 15.4. The molecule has 148 valence electrons. The first kappa shape index (κ1) is 19.0. The van der Waals surface area contributed by atoms with Gasteiger partial charge in [-0.2, -0.15) is 17.2 Å². The number of fused-ring (bicyclic) bond motifs is 1. The Bertz CT molecular complexity index is 1020. The average Bonchev–Trinajstić information content (AvgIpc) is 2.65. The van der Waals surface area contributed by atoms with E-state index >= 15 is 0 Å². The molecule has 1 N–H and O–H groups in total. The van der Waals surface area contributed by atoms with E-state index in [0.29, 0.717) is 6.42 Å². The van der Waals surface area contributed by atoms with E-state index in [9.17, 15) is 22.0 Å². The van der Waals surface area contributed by atoms with Crippen molar-refractivity contribution in [1.82, 2.24) is 0 Å². The Balaban J connectivity index is 1.72. The third-order valence-electron chi connectivity index (χ3n) is 5.85. The molecule has 0 heterocycles. The van der Waals surface area contributed by atoms with Crippen molar-refractivity contribution in [2.75, 3.05) is 6.61 Å². The Labute approximate surface area is 161 Å². The van der Waals surface area contributed by atoms with Crippen LogP contribution in [0.4, 0.5) is 8.78 Å². The monoisotopic (exact) mass is 408 g/mol. The molecule has 0 aliphatic heterocycles. The molecule has 0 fully saturated rings. The van der Waals surface area contributed by atoms with Crippen LogP contribution in [0.3, 0.4) is 0 Å². The molecule has 5 rings (SSSR count). The van der Waals surface area contributed by atoms with Crippen LogP contribution in [0.25, 0.3) is 0 Å². The summed E-state index contributed by atoms with van der Waals surface area (Å²) in [5.41, 5.74) is 2.94. The van der Waals surface area contributed by atoms with E-state index in [2.05, 4.69) is 0 Å². The maximum atomic E-state index is 13.5. The van der Waals surface area contributed by atoms with Crippen LogP contribution >= 0.6 is 0 Å². The van der Waals surface area contributed by atoms with Crippen LogP contribution in [-0.4, -0.2) is 30.8 Å². The third kappa shape index (κ3) is 2.66. The first-order valence-corrected chi connectivity index (χ1v) is 10.2.